The Morgan fingerprint density at radius 3 is 2.70 bits per heavy atom. The molecule has 1 aliphatic heterocycles. The Kier molecular flexibility index (Phi) is 5.42. The minimum absolute atomic E-state index is 0.0592. The maximum atomic E-state index is 13.8. The molecule has 3 aromatic rings. The van der Waals surface area contributed by atoms with E-state index < -0.39 is 28.3 Å². The predicted octanol–water partition coefficient (Wildman–Crippen LogP) is 3.61. The van der Waals surface area contributed by atoms with E-state index >= 15 is 0 Å². The number of benzene rings is 2. The van der Waals surface area contributed by atoms with Gasteiger partial charge in [-0.2, -0.15) is 4.31 Å². The zero-order valence-corrected chi connectivity index (χ0v) is 17.1. The molecule has 1 amide bonds. The molecule has 0 unspecified atom stereocenters. The van der Waals surface area contributed by atoms with Gasteiger partial charge in [0.25, 0.3) is 0 Å². The maximum Gasteiger partial charge on any atom is 0.248 e. The molecular weight excluding hydrogens is 431 g/mol. The van der Waals surface area contributed by atoms with Crippen molar-refractivity contribution in [1.29, 1.82) is 0 Å². The number of fused-ring (bicyclic) bond motifs is 1. The second-order valence-electron chi connectivity index (χ2n) is 6.55. The molecule has 0 atom stereocenters. The highest BCUT2D eigenvalue weighted by atomic mass is 35.5. The fraction of sp³-hybridized carbons (Fsp3) is 0.100. The van der Waals surface area contributed by atoms with Crippen LogP contribution in [0.2, 0.25) is 5.02 Å². The van der Waals surface area contributed by atoms with E-state index in [2.05, 4.69) is 10.3 Å². The monoisotopic (exact) mass is 446 g/mol. The van der Waals surface area contributed by atoms with Gasteiger partial charge in [-0.05, 0) is 48.5 Å². The van der Waals surface area contributed by atoms with Gasteiger partial charge in [0.05, 0.1) is 13.2 Å². The number of carbonyl (C=O) groups is 1. The Bertz CT molecular complexity index is 1220. The largest absolute Gasteiger partial charge is 0.325 e. The number of sulfonamides is 1. The van der Waals surface area contributed by atoms with Gasteiger partial charge >= 0.3 is 0 Å². The van der Waals surface area contributed by atoms with E-state index in [1.54, 1.807) is 35.2 Å². The minimum Gasteiger partial charge on any atom is -0.325 e. The highest BCUT2D eigenvalue weighted by Gasteiger charge is 2.38. The lowest BCUT2D eigenvalue weighted by Crippen LogP contribution is -2.47. The number of anilines is 3. The van der Waals surface area contributed by atoms with Crippen LogP contribution in [0.25, 0.3) is 0 Å². The topological polar surface area (TPSA) is 82.6 Å². The number of pyridine rings is 1. The molecule has 1 aliphatic rings. The van der Waals surface area contributed by atoms with Gasteiger partial charge in [-0.3, -0.25) is 4.79 Å². The smallest absolute Gasteiger partial charge is 0.248 e. The van der Waals surface area contributed by atoms with Crippen molar-refractivity contribution in [2.75, 3.05) is 23.4 Å². The van der Waals surface area contributed by atoms with Gasteiger partial charge in [-0.15, -0.1) is 0 Å². The van der Waals surface area contributed by atoms with Gasteiger partial charge in [0, 0.05) is 22.6 Å². The van der Waals surface area contributed by atoms with Crippen LogP contribution in [0, 0.1) is 5.82 Å². The third kappa shape index (κ3) is 4.00. The maximum absolute atomic E-state index is 13.8. The van der Waals surface area contributed by atoms with Crippen molar-refractivity contribution in [3.63, 3.8) is 0 Å². The van der Waals surface area contributed by atoms with Crippen molar-refractivity contribution in [3.05, 3.63) is 77.7 Å². The van der Waals surface area contributed by atoms with Crippen molar-refractivity contribution in [2.45, 2.75) is 4.90 Å². The molecule has 0 spiro atoms. The molecule has 154 valence electrons. The van der Waals surface area contributed by atoms with E-state index in [0.717, 1.165) is 4.31 Å². The van der Waals surface area contributed by atoms with Gasteiger partial charge in [0.15, 0.2) is 5.82 Å². The SMILES string of the molecule is O=C(CN1CN(c2cccc(F)c2)c2ncccc2S1(=O)=O)Nc1cccc(Cl)c1. The summed E-state index contributed by atoms with van der Waals surface area (Å²) in [4.78, 5) is 18.2. The summed E-state index contributed by atoms with van der Waals surface area (Å²) in [7, 11) is -3.98. The summed E-state index contributed by atoms with van der Waals surface area (Å²) < 4.78 is 40.9. The van der Waals surface area contributed by atoms with E-state index in [1.165, 1.54) is 36.5 Å². The fourth-order valence-corrected chi connectivity index (χ4v) is 4.80. The summed E-state index contributed by atoms with van der Waals surface area (Å²) in [6, 6.07) is 15.2. The normalized spacial score (nSPS) is 15.5. The van der Waals surface area contributed by atoms with Crippen molar-refractivity contribution in [1.82, 2.24) is 9.29 Å². The predicted molar refractivity (Wildman–Crippen MR) is 112 cm³/mol. The van der Waals surface area contributed by atoms with Crippen LogP contribution < -0.4 is 10.2 Å². The first-order valence-electron chi connectivity index (χ1n) is 8.88. The van der Waals surface area contributed by atoms with Crippen molar-refractivity contribution >= 4 is 44.7 Å². The standard InChI is InChI=1S/C20H16ClFN4O3S/c21-14-4-1-6-16(10-14)24-19(27)12-25-13-26(17-7-2-5-15(22)11-17)20-18(30(25,28)29)8-3-9-23-20/h1-11H,12-13H2,(H,24,27). The molecule has 1 aromatic heterocycles. The molecule has 10 heteroatoms. The lowest BCUT2D eigenvalue weighted by Gasteiger charge is -2.36. The van der Waals surface area contributed by atoms with Crippen LogP contribution in [0.15, 0.2) is 71.8 Å². The summed E-state index contributed by atoms with van der Waals surface area (Å²) in [6.07, 6.45) is 1.46. The number of hydrogen-bond acceptors (Lipinski definition) is 5. The van der Waals surface area contributed by atoms with Gasteiger partial charge in [-0.1, -0.05) is 23.7 Å². The van der Waals surface area contributed by atoms with Crippen LogP contribution in [0.1, 0.15) is 0 Å². The lowest BCUT2D eigenvalue weighted by molar-refractivity contribution is -0.116. The molecule has 2 heterocycles. The van der Waals surface area contributed by atoms with Crippen LogP contribution in [0.3, 0.4) is 0 Å². The Labute approximate surface area is 177 Å². The van der Waals surface area contributed by atoms with E-state index in [9.17, 15) is 17.6 Å². The van der Waals surface area contributed by atoms with Crippen LogP contribution >= 0.6 is 11.6 Å². The molecule has 7 nitrogen and oxygen atoms in total. The third-order valence-corrected chi connectivity index (χ3v) is 6.51. The number of hydrogen-bond donors (Lipinski definition) is 1. The molecule has 0 aliphatic carbocycles. The molecule has 0 bridgehead atoms. The summed E-state index contributed by atoms with van der Waals surface area (Å²) in [5.41, 5.74) is 0.871. The minimum atomic E-state index is -3.98. The number of nitrogens with one attached hydrogen (secondary N) is 1. The third-order valence-electron chi connectivity index (χ3n) is 4.47. The quantitative estimate of drug-likeness (QED) is 0.662. The van der Waals surface area contributed by atoms with E-state index in [1.807, 2.05) is 0 Å². The highest BCUT2D eigenvalue weighted by Crippen LogP contribution is 2.36. The molecule has 0 saturated carbocycles. The van der Waals surface area contributed by atoms with E-state index in [0.29, 0.717) is 16.4 Å². The average Bonchev–Trinajstić information content (AvgIpc) is 2.70. The van der Waals surface area contributed by atoms with Crippen LogP contribution in [0.5, 0.6) is 0 Å². The van der Waals surface area contributed by atoms with Gasteiger partial charge in [0.1, 0.15) is 10.7 Å². The van der Waals surface area contributed by atoms with Crippen molar-refractivity contribution in [3.8, 4) is 0 Å². The van der Waals surface area contributed by atoms with Crippen LogP contribution in [-0.4, -0.2) is 36.8 Å². The Balaban J connectivity index is 1.66. The average molecular weight is 447 g/mol. The number of nitrogens with zero attached hydrogens (tertiary/aromatic N) is 3. The molecule has 1 N–H and O–H groups in total. The second kappa shape index (κ2) is 8.02. The van der Waals surface area contributed by atoms with Crippen LogP contribution in [0.4, 0.5) is 21.6 Å². The van der Waals surface area contributed by atoms with Crippen molar-refractivity contribution < 1.29 is 17.6 Å². The first kappa shape index (κ1) is 20.3. The number of carbonyl (C=O) groups excluding carboxylic acids is 1. The van der Waals surface area contributed by atoms with Gasteiger partial charge < -0.3 is 10.2 Å². The Morgan fingerprint density at radius 2 is 1.93 bits per heavy atom. The zero-order valence-electron chi connectivity index (χ0n) is 15.5. The highest BCUT2D eigenvalue weighted by molar-refractivity contribution is 7.89. The van der Waals surface area contributed by atoms with Crippen molar-refractivity contribution in [2.24, 2.45) is 0 Å². The number of amides is 1. The molecule has 2 aromatic carbocycles. The first-order valence-corrected chi connectivity index (χ1v) is 10.7. The van der Waals surface area contributed by atoms with E-state index in [4.69, 9.17) is 11.6 Å². The summed E-state index contributed by atoms with van der Waals surface area (Å²) in [5, 5.41) is 3.07. The summed E-state index contributed by atoms with van der Waals surface area (Å²) >= 11 is 5.92. The zero-order chi connectivity index (χ0) is 21.3. The van der Waals surface area contributed by atoms with Gasteiger partial charge in [-0.25, -0.2) is 17.8 Å². The van der Waals surface area contributed by atoms with E-state index in [-0.39, 0.29) is 17.4 Å². The lowest BCUT2D eigenvalue weighted by atomic mass is 10.2. The second-order valence-corrected chi connectivity index (χ2v) is 8.89. The molecule has 0 radical (unpaired) electrons. The summed E-state index contributed by atoms with van der Waals surface area (Å²) in [6.45, 7) is -0.631. The fourth-order valence-electron chi connectivity index (χ4n) is 3.14. The van der Waals surface area contributed by atoms with Crippen LogP contribution in [-0.2, 0) is 14.8 Å². The number of halogens is 2. The summed E-state index contributed by atoms with van der Waals surface area (Å²) in [5.74, 6) is -0.828. The first-order chi connectivity index (χ1) is 14.3. The van der Waals surface area contributed by atoms with Gasteiger partial charge in [0.2, 0.25) is 15.9 Å². The molecular formula is C20H16ClFN4O3S. The molecule has 4 rings (SSSR count). The number of rotatable bonds is 4. The Hall–Kier alpha value is -3.01. The molecule has 30 heavy (non-hydrogen) atoms. The number of aromatic nitrogens is 1. The Morgan fingerprint density at radius 1 is 1.13 bits per heavy atom. The molecule has 0 saturated heterocycles. The molecule has 0 fully saturated rings.